The molecule has 0 unspecified atom stereocenters. The molecule has 25 heavy (non-hydrogen) atoms. The average molecular weight is 400 g/mol. The lowest BCUT2D eigenvalue weighted by molar-refractivity contribution is -0.904. The van der Waals surface area contributed by atoms with Crippen LogP contribution in [-0.2, 0) is 27.2 Å². The second-order valence-electron chi connectivity index (χ2n) is 6.17. The maximum Gasteiger partial charge on any atom is 0.340 e. The van der Waals surface area contributed by atoms with Crippen LogP contribution in [0.4, 0.5) is 0 Å². The number of likely N-dealkylation sites (tertiary alicyclic amines) is 1. The van der Waals surface area contributed by atoms with Crippen molar-refractivity contribution in [2.24, 2.45) is 0 Å². The molecule has 1 aliphatic rings. The third-order valence-corrected chi connectivity index (χ3v) is 9.21. The first-order chi connectivity index (χ1) is 11.9. The van der Waals surface area contributed by atoms with Crippen LogP contribution in [0.25, 0.3) is 0 Å². The molecule has 150 valence electrons. The molecule has 0 amide bonds. The molecular weight excluding hydrogens is 364 g/mol. The van der Waals surface area contributed by atoms with E-state index in [4.69, 9.17) is 18.1 Å². The van der Waals surface area contributed by atoms with Crippen LogP contribution in [0.2, 0.25) is 0 Å². The van der Waals surface area contributed by atoms with E-state index in [9.17, 15) is 9.13 Å². The predicted molar refractivity (Wildman–Crippen MR) is 99.8 cm³/mol. The highest BCUT2D eigenvalue weighted by molar-refractivity contribution is 7.58. The molecular formula is C16H36NO6P2+. The highest BCUT2D eigenvalue weighted by Crippen LogP contribution is 2.59. The van der Waals surface area contributed by atoms with Gasteiger partial charge in [-0.3, -0.25) is 9.13 Å². The van der Waals surface area contributed by atoms with Crippen LogP contribution in [0, 0.1) is 0 Å². The van der Waals surface area contributed by atoms with E-state index in [2.05, 4.69) is 0 Å². The van der Waals surface area contributed by atoms with Crippen LogP contribution in [0.15, 0.2) is 0 Å². The summed E-state index contributed by atoms with van der Waals surface area (Å²) in [5, 5.41) is 0. The van der Waals surface area contributed by atoms with Crippen molar-refractivity contribution < 1.29 is 32.1 Å². The fraction of sp³-hybridized carbons (Fsp3) is 1.00. The zero-order valence-corrected chi connectivity index (χ0v) is 18.0. The lowest BCUT2D eigenvalue weighted by Gasteiger charge is -2.32. The quantitative estimate of drug-likeness (QED) is 0.479. The monoisotopic (exact) mass is 400 g/mol. The van der Waals surface area contributed by atoms with Gasteiger partial charge in [0.05, 0.1) is 52.2 Å². The lowest BCUT2D eigenvalue weighted by atomic mass is 10.1. The van der Waals surface area contributed by atoms with Crippen LogP contribution in [0.5, 0.6) is 0 Å². The SMILES string of the molecule is CCOP(=O)(C[C@@H](C[NH+]1CCCCC1)P(=O)(OCC)OCC)OCC. The van der Waals surface area contributed by atoms with Crippen molar-refractivity contribution in [3.05, 3.63) is 0 Å². The molecule has 0 aromatic rings. The molecule has 0 saturated carbocycles. The first-order valence-corrected chi connectivity index (χ1v) is 12.9. The topological polar surface area (TPSA) is 75.5 Å². The van der Waals surface area contributed by atoms with Crippen LogP contribution in [-0.4, -0.2) is 57.9 Å². The normalized spacial score (nSPS) is 18.4. The molecule has 1 saturated heterocycles. The molecule has 0 aromatic heterocycles. The molecule has 1 rings (SSSR count). The summed E-state index contributed by atoms with van der Waals surface area (Å²) in [6, 6.07) is 0. The molecule has 0 radical (unpaired) electrons. The largest absolute Gasteiger partial charge is 0.340 e. The number of piperidine rings is 1. The summed E-state index contributed by atoms with van der Waals surface area (Å²) in [5.74, 6) is 0. The molecule has 1 atom stereocenters. The summed E-state index contributed by atoms with van der Waals surface area (Å²) in [7, 11) is -6.73. The van der Waals surface area contributed by atoms with Gasteiger partial charge in [-0.05, 0) is 47.0 Å². The first-order valence-electron chi connectivity index (χ1n) is 9.53. The minimum absolute atomic E-state index is 0.0649. The Labute approximate surface area is 152 Å². The van der Waals surface area contributed by atoms with Crippen LogP contribution >= 0.6 is 15.2 Å². The van der Waals surface area contributed by atoms with Gasteiger partial charge in [0, 0.05) is 0 Å². The Morgan fingerprint density at radius 2 is 1.28 bits per heavy atom. The molecule has 1 aliphatic heterocycles. The van der Waals surface area contributed by atoms with Crippen LogP contribution in [0.3, 0.4) is 0 Å². The Kier molecular flexibility index (Phi) is 11.1. The van der Waals surface area contributed by atoms with Crippen molar-refractivity contribution >= 4 is 15.2 Å². The first kappa shape index (κ1) is 23.3. The average Bonchev–Trinajstić information content (AvgIpc) is 2.56. The summed E-state index contributed by atoms with van der Waals surface area (Å²) in [5.41, 5.74) is -0.496. The Morgan fingerprint density at radius 3 is 1.72 bits per heavy atom. The smallest absolute Gasteiger partial charge is 0.334 e. The van der Waals surface area contributed by atoms with Gasteiger partial charge < -0.3 is 23.0 Å². The Bertz CT molecular complexity index is 436. The number of rotatable bonds is 13. The van der Waals surface area contributed by atoms with Crippen molar-refractivity contribution in [1.82, 2.24) is 0 Å². The van der Waals surface area contributed by atoms with Gasteiger partial charge in [-0.15, -0.1) is 0 Å². The maximum absolute atomic E-state index is 13.4. The molecule has 0 spiro atoms. The molecule has 9 heteroatoms. The van der Waals surface area contributed by atoms with Gasteiger partial charge in [-0.2, -0.15) is 0 Å². The number of quaternary nitrogens is 1. The third-order valence-electron chi connectivity index (χ3n) is 4.24. The highest BCUT2D eigenvalue weighted by atomic mass is 31.2. The fourth-order valence-corrected chi connectivity index (χ4v) is 8.08. The fourth-order valence-electron chi connectivity index (χ4n) is 3.27. The summed E-state index contributed by atoms with van der Waals surface area (Å²) in [6.45, 7) is 11.0. The van der Waals surface area contributed by atoms with E-state index in [1.807, 2.05) is 0 Å². The van der Waals surface area contributed by atoms with E-state index in [0.29, 0.717) is 6.54 Å². The van der Waals surface area contributed by atoms with E-state index in [1.54, 1.807) is 27.7 Å². The van der Waals surface area contributed by atoms with Crippen molar-refractivity contribution in [3.8, 4) is 0 Å². The molecule has 0 bridgehead atoms. The standard InChI is InChI=1S/C16H35NO6P2/c1-5-20-24(18,21-6-2)15-16(14-17-12-10-9-11-13-17)25(19,22-7-3)23-8-4/h16H,5-15H2,1-4H3/p+1/t16-/m1/s1. The van der Waals surface area contributed by atoms with Gasteiger partial charge in [0.2, 0.25) is 0 Å². The van der Waals surface area contributed by atoms with Crippen LogP contribution < -0.4 is 4.90 Å². The maximum atomic E-state index is 13.4. The Hall–Kier alpha value is 0.260. The second kappa shape index (κ2) is 11.9. The number of nitrogens with one attached hydrogen (secondary N) is 1. The van der Waals surface area contributed by atoms with Crippen molar-refractivity contribution in [2.75, 3.05) is 52.2 Å². The molecule has 7 nitrogen and oxygen atoms in total. The summed E-state index contributed by atoms with van der Waals surface area (Å²) in [6.07, 6.45) is 3.61. The van der Waals surface area contributed by atoms with E-state index in [0.717, 1.165) is 25.9 Å². The molecule has 1 N–H and O–H groups in total. The Morgan fingerprint density at radius 1 is 0.800 bits per heavy atom. The predicted octanol–water partition coefficient (Wildman–Crippen LogP) is 2.96. The zero-order chi connectivity index (χ0) is 18.8. The van der Waals surface area contributed by atoms with E-state index < -0.39 is 20.9 Å². The number of hydrogen-bond acceptors (Lipinski definition) is 6. The highest BCUT2D eigenvalue weighted by Gasteiger charge is 2.44. The van der Waals surface area contributed by atoms with E-state index in [1.165, 1.54) is 11.3 Å². The molecule has 1 heterocycles. The second-order valence-corrected chi connectivity index (χ2v) is 10.6. The van der Waals surface area contributed by atoms with Gasteiger partial charge >= 0.3 is 15.2 Å². The zero-order valence-electron chi connectivity index (χ0n) is 16.2. The van der Waals surface area contributed by atoms with E-state index in [-0.39, 0.29) is 32.6 Å². The molecule has 0 aliphatic carbocycles. The summed E-state index contributed by atoms with van der Waals surface area (Å²) in [4.78, 5) is 1.36. The van der Waals surface area contributed by atoms with Gasteiger partial charge in [-0.1, -0.05) is 0 Å². The number of hydrogen-bond donors (Lipinski definition) is 1. The van der Waals surface area contributed by atoms with Crippen molar-refractivity contribution in [1.29, 1.82) is 0 Å². The summed E-state index contributed by atoms with van der Waals surface area (Å²) < 4.78 is 48.4. The van der Waals surface area contributed by atoms with E-state index >= 15 is 0 Å². The van der Waals surface area contributed by atoms with Gasteiger partial charge in [-0.25, -0.2) is 0 Å². The minimum atomic E-state index is -3.39. The van der Waals surface area contributed by atoms with Crippen LogP contribution in [0.1, 0.15) is 47.0 Å². The Balaban J connectivity index is 3.02. The van der Waals surface area contributed by atoms with Gasteiger partial charge in [0.25, 0.3) is 0 Å². The summed E-state index contributed by atoms with van der Waals surface area (Å²) >= 11 is 0. The van der Waals surface area contributed by atoms with Gasteiger partial charge in [0.15, 0.2) is 0 Å². The molecule has 1 fully saturated rings. The minimum Gasteiger partial charge on any atom is -0.334 e. The van der Waals surface area contributed by atoms with Crippen molar-refractivity contribution in [2.45, 2.75) is 52.6 Å². The van der Waals surface area contributed by atoms with Gasteiger partial charge in [0.1, 0.15) is 5.66 Å². The molecule has 0 aromatic carbocycles. The lowest BCUT2D eigenvalue weighted by Crippen LogP contribution is -3.13. The van der Waals surface area contributed by atoms with Crippen molar-refractivity contribution in [3.63, 3.8) is 0 Å². The third kappa shape index (κ3) is 7.80.